The number of ether oxygens (including phenoxy) is 1. The van der Waals surface area contributed by atoms with Gasteiger partial charge in [-0.3, -0.25) is 14.2 Å². The lowest BCUT2D eigenvalue weighted by Gasteiger charge is -2.30. The van der Waals surface area contributed by atoms with Crippen molar-refractivity contribution in [3.05, 3.63) is 72.9 Å². The van der Waals surface area contributed by atoms with Crippen molar-refractivity contribution in [1.82, 2.24) is 5.32 Å². The third-order valence-electron chi connectivity index (χ3n) is 14.6. The van der Waals surface area contributed by atoms with Crippen LogP contribution in [0.1, 0.15) is 303 Å². The van der Waals surface area contributed by atoms with Crippen molar-refractivity contribution < 1.29 is 37.3 Å². The lowest BCUT2D eigenvalue weighted by Crippen LogP contribution is -2.47. The lowest BCUT2D eigenvalue weighted by molar-refractivity contribution is -0.870. The van der Waals surface area contributed by atoms with Crippen LogP contribution in [0, 0.1) is 0 Å². The van der Waals surface area contributed by atoms with Crippen molar-refractivity contribution in [2.24, 2.45) is 0 Å². The van der Waals surface area contributed by atoms with Crippen LogP contribution in [0.25, 0.3) is 0 Å². The molecule has 3 unspecified atom stereocenters. The predicted octanol–water partition coefficient (Wildman–Crippen LogP) is 20.2. The summed E-state index contributed by atoms with van der Waals surface area (Å²) in [7, 11) is 1.17. The molecule has 79 heavy (non-hydrogen) atoms. The fourth-order valence-corrected chi connectivity index (χ4v) is 10.2. The Bertz CT molecular complexity index is 1580. The molecule has 10 heteroatoms. The summed E-state index contributed by atoms with van der Waals surface area (Å²) in [5, 5.41) is 3.02. The highest BCUT2D eigenvalue weighted by Crippen LogP contribution is 2.38. The molecule has 0 bridgehead atoms. The maximum Gasteiger partial charge on any atom is 0.306 e. The van der Waals surface area contributed by atoms with Crippen LogP contribution in [0.3, 0.4) is 0 Å². The van der Waals surface area contributed by atoms with E-state index in [1.165, 1.54) is 173 Å². The number of carbonyl (C=O) groups excluding carboxylic acids is 2. The van der Waals surface area contributed by atoms with Crippen LogP contribution < -0.4 is 10.2 Å². The van der Waals surface area contributed by atoms with Gasteiger partial charge in [-0.15, -0.1) is 0 Å². The monoisotopic (exact) mass is 1130 g/mol. The molecule has 0 spiro atoms. The van der Waals surface area contributed by atoms with Crippen LogP contribution in [0.4, 0.5) is 0 Å². The van der Waals surface area contributed by atoms with E-state index in [1.807, 2.05) is 33.3 Å². The number of rotatable bonds is 60. The number of esters is 1. The fourth-order valence-electron chi connectivity index (χ4n) is 9.44. The Balaban J connectivity index is 5.17. The first-order chi connectivity index (χ1) is 38.4. The largest absolute Gasteiger partial charge is 0.756 e. The zero-order chi connectivity index (χ0) is 57.9. The number of phosphoric ester groups is 1. The Hall–Kier alpha value is -2.55. The van der Waals surface area contributed by atoms with Crippen LogP contribution in [0.2, 0.25) is 0 Å². The Morgan fingerprint density at radius 2 is 0.772 bits per heavy atom. The molecule has 0 aromatic rings. The number of phosphoric acid groups is 1. The predicted molar refractivity (Wildman–Crippen MR) is 339 cm³/mol. The van der Waals surface area contributed by atoms with Gasteiger partial charge >= 0.3 is 5.97 Å². The quantitative estimate of drug-likeness (QED) is 0.0212. The van der Waals surface area contributed by atoms with Gasteiger partial charge in [-0.2, -0.15) is 0 Å². The average molecular weight is 1130 g/mol. The van der Waals surface area contributed by atoms with Crippen LogP contribution in [-0.2, 0) is 27.9 Å². The molecular weight excluding hydrogens is 1000 g/mol. The molecule has 460 valence electrons. The van der Waals surface area contributed by atoms with Crippen LogP contribution in [-0.4, -0.2) is 69.4 Å². The molecule has 0 aliphatic heterocycles. The van der Waals surface area contributed by atoms with Crippen LogP contribution >= 0.6 is 7.82 Å². The summed E-state index contributed by atoms with van der Waals surface area (Å²) in [5.41, 5.74) is 0. The van der Waals surface area contributed by atoms with Crippen molar-refractivity contribution in [2.75, 3.05) is 40.9 Å². The van der Waals surface area contributed by atoms with E-state index in [0.29, 0.717) is 23.9 Å². The Kier molecular flexibility index (Phi) is 56.7. The zero-order valence-electron chi connectivity index (χ0n) is 52.6. The highest BCUT2D eigenvalue weighted by atomic mass is 31.2. The van der Waals surface area contributed by atoms with E-state index in [2.05, 4.69) is 86.8 Å². The summed E-state index contributed by atoms with van der Waals surface area (Å²) in [6, 6.07) is -0.901. The highest BCUT2D eigenvalue weighted by Gasteiger charge is 2.27. The van der Waals surface area contributed by atoms with Gasteiger partial charge in [-0.1, -0.05) is 261 Å². The van der Waals surface area contributed by atoms with E-state index >= 15 is 0 Å². The van der Waals surface area contributed by atoms with E-state index in [-0.39, 0.29) is 24.9 Å². The number of hydrogen-bond donors (Lipinski definition) is 1. The molecule has 0 aliphatic carbocycles. The first-order valence-electron chi connectivity index (χ1n) is 33.2. The minimum absolute atomic E-state index is 0.0282. The number of amides is 1. The first-order valence-corrected chi connectivity index (χ1v) is 34.7. The van der Waals surface area contributed by atoms with Crippen molar-refractivity contribution in [1.29, 1.82) is 0 Å². The normalized spacial score (nSPS) is 14.1. The summed E-state index contributed by atoms with van der Waals surface area (Å²) in [6.07, 6.45) is 75.9. The van der Waals surface area contributed by atoms with Gasteiger partial charge in [0, 0.05) is 12.8 Å². The number of likely N-dealkylation sites (N-methyl/N-ethyl adjacent to an activating group) is 1. The van der Waals surface area contributed by atoms with E-state index < -0.39 is 26.6 Å². The molecule has 9 nitrogen and oxygen atoms in total. The van der Waals surface area contributed by atoms with E-state index in [4.69, 9.17) is 13.8 Å². The fraction of sp³-hybridized carbons (Fsp3) is 0.797. The van der Waals surface area contributed by atoms with E-state index in [9.17, 15) is 19.0 Å². The number of hydrogen-bond acceptors (Lipinski definition) is 7. The van der Waals surface area contributed by atoms with Crippen molar-refractivity contribution >= 4 is 19.7 Å². The molecule has 0 aromatic heterocycles. The van der Waals surface area contributed by atoms with Crippen molar-refractivity contribution in [3.63, 3.8) is 0 Å². The standard InChI is InChI=1S/C69H127N2O7P/c1-7-10-13-16-19-22-25-27-29-31-33-35-37-39-41-43-46-49-52-55-58-61-68(72)70-66(65-77-79(74,75)76-64-63-71(4,5)6)67(60-57-54-51-48-45-24-21-18-15-12-9-3)78-69(73)62-59-56-53-50-47-44-42-40-38-36-34-32-30-28-26-23-20-17-14-11-8-2/h19,22,27-30,33,35,39,41,57,60,66-67H,7-18,20-21,23-26,31-32,34,36-38,40,42-56,58-59,61-65H2,1-6H3,(H-,70,72,74,75)/b22-19-,29-27-,30-28+,35-33-,41-39-,60-57+. The first kappa shape index (κ1) is 76.5. The van der Waals surface area contributed by atoms with Gasteiger partial charge in [0.25, 0.3) is 7.82 Å². The summed E-state index contributed by atoms with van der Waals surface area (Å²) in [4.78, 5) is 40.1. The smallest absolute Gasteiger partial charge is 0.306 e. The maximum atomic E-state index is 13.5. The molecular formula is C69H127N2O7P. The molecule has 0 aromatic carbocycles. The Labute approximate surface area is 489 Å². The van der Waals surface area contributed by atoms with Crippen LogP contribution in [0.5, 0.6) is 0 Å². The SMILES string of the molecule is CCCCC/C=C\C/C=C\C/C=C\C/C=C\CCCCCCCC(=O)NC(COP(=O)([O-])OCC[N+](C)(C)C)C(/C=C/CCCCCCCCCCC)OC(=O)CCCCCCCCCCCCC/C=C/CCCCCCCC. The van der Waals surface area contributed by atoms with Crippen LogP contribution in [0.15, 0.2) is 72.9 Å². The van der Waals surface area contributed by atoms with Gasteiger partial charge in [0.2, 0.25) is 5.91 Å². The molecule has 3 atom stereocenters. The third kappa shape index (κ3) is 59.9. The van der Waals surface area contributed by atoms with Gasteiger partial charge in [-0.25, -0.2) is 0 Å². The molecule has 0 saturated heterocycles. The Morgan fingerprint density at radius 3 is 1.19 bits per heavy atom. The molecule has 0 saturated carbocycles. The van der Waals surface area contributed by atoms with Gasteiger partial charge in [0.05, 0.1) is 33.8 Å². The van der Waals surface area contributed by atoms with E-state index in [0.717, 1.165) is 89.9 Å². The van der Waals surface area contributed by atoms with Gasteiger partial charge in [-0.05, 0) is 102 Å². The third-order valence-corrected chi connectivity index (χ3v) is 15.6. The second kappa shape index (κ2) is 58.6. The summed E-state index contributed by atoms with van der Waals surface area (Å²) < 4.78 is 30.4. The number of quaternary nitrogens is 1. The summed E-state index contributed by atoms with van der Waals surface area (Å²) >= 11 is 0. The molecule has 1 amide bonds. The number of nitrogens with one attached hydrogen (secondary N) is 1. The zero-order valence-corrected chi connectivity index (χ0v) is 53.5. The number of carbonyl (C=O) groups is 2. The Morgan fingerprint density at radius 1 is 0.443 bits per heavy atom. The maximum absolute atomic E-state index is 13.5. The minimum Gasteiger partial charge on any atom is -0.756 e. The van der Waals surface area contributed by atoms with Crippen molar-refractivity contribution in [2.45, 2.75) is 315 Å². The summed E-state index contributed by atoms with van der Waals surface area (Å²) in [5.74, 6) is -0.558. The topological polar surface area (TPSA) is 114 Å². The minimum atomic E-state index is -4.71. The number of nitrogens with zero attached hydrogens (tertiary/aromatic N) is 1. The summed E-state index contributed by atoms with van der Waals surface area (Å²) in [6.45, 7) is 6.81. The van der Waals surface area contributed by atoms with Crippen molar-refractivity contribution in [3.8, 4) is 0 Å². The van der Waals surface area contributed by atoms with Gasteiger partial charge in [0.15, 0.2) is 0 Å². The molecule has 0 radical (unpaired) electrons. The molecule has 0 fully saturated rings. The molecule has 1 N–H and O–H groups in total. The lowest BCUT2D eigenvalue weighted by atomic mass is 10.0. The number of allylic oxidation sites excluding steroid dienone is 11. The number of unbranched alkanes of at least 4 members (excludes halogenated alkanes) is 34. The highest BCUT2D eigenvalue weighted by molar-refractivity contribution is 7.45. The van der Waals surface area contributed by atoms with E-state index in [1.54, 1.807) is 0 Å². The molecule has 0 aliphatic rings. The molecule has 0 heterocycles. The molecule has 0 rings (SSSR count). The second-order valence-corrected chi connectivity index (χ2v) is 25.0. The second-order valence-electron chi connectivity index (χ2n) is 23.6. The average Bonchev–Trinajstić information content (AvgIpc) is 3.41. The van der Waals surface area contributed by atoms with Gasteiger partial charge < -0.3 is 28.5 Å². The van der Waals surface area contributed by atoms with Gasteiger partial charge in [0.1, 0.15) is 19.3 Å².